The van der Waals surface area contributed by atoms with E-state index in [1.165, 1.54) is 74.4 Å². The standard InChI is InChI=1S/C19H40OS2.2C4HF9O3S/c1-5-9-13-21(14-10-6-2)17-19(20)18-22(15-11-7-3)16-12-8-4;2*5-1(6,3(9,10)11)2(7,8)4(12,13)17(14,15)16/h5-18H2,1-4H3;2*(H,14,15,16)/q+2;;/p-2. The van der Waals surface area contributed by atoms with Crippen molar-refractivity contribution in [3.8, 4) is 0 Å². The third-order valence-corrected chi connectivity index (χ3v) is 13.4. The third kappa shape index (κ3) is 15.8. The van der Waals surface area contributed by atoms with E-state index in [9.17, 15) is 110 Å². The summed E-state index contributed by atoms with van der Waals surface area (Å²) in [4.78, 5) is 12.5. The number of unbranched alkanes of at least 4 members (excludes halogenated alkanes) is 4. The molecule has 0 aliphatic heterocycles. The summed E-state index contributed by atoms with van der Waals surface area (Å²) in [5.74, 6) is -22.1. The van der Waals surface area contributed by atoms with Crippen LogP contribution in [0.4, 0.5) is 79.0 Å². The van der Waals surface area contributed by atoms with Gasteiger partial charge in [-0.05, 0) is 47.5 Å². The van der Waals surface area contributed by atoms with Gasteiger partial charge in [-0.2, -0.15) is 79.0 Å². The van der Waals surface area contributed by atoms with Crippen LogP contribution in [-0.2, 0) is 46.8 Å². The molecule has 0 fully saturated rings. The fourth-order valence-electron chi connectivity index (χ4n) is 3.42. The molecule has 29 heteroatoms. The number of hydrogen-bond acceptors (Lipinski definition) is 7. The fourth-order valence-corrected chi connectivity index (χ4v) is 9.32. The molecule has 0 aromatic rings. The molecule has 0 aliphatic carbocycles. The smallest absolute Gasteiger partial charge is 0.460 e. The molecule has 0 rings (SSSR count). The molecule has 0 spiro atoms. The van der Waals surface area contributed by atoms with E-state index < -0.39 is 66.8 Å². The lowest BCUT2D eigenvalue weighted by atomic mass is 10.1. The molecule has 0 saturated heterocycles. The van der Waals surface area contributed by atoms with Crippen LogP contribution < -0.4 is 0 Å². The minimum Gasteiger partial charge on any atom is -0.743 e. The summed E-state index contributed by atoms with van der Waals surface area (Å²) in [6.45, 7) is 9.04. The van der Waals surface area contributed by atoms with Crippen molar-refractivity contribution in [1.29, 1.82) is 0 Å². The maximum absolute atomic E-state index is 12.5. The van der Waals surface area contributed by atoms with E-state index >= 15 is 0 Å². The first-order chi connectivity index (χ1) is 24.7. The Balaban J connectivity index is -0.000000762. The lowest BCUT2D eigenvalue weighted by Gasteiger charge is -2.34. The Morgan fingerprint density at radius 1 is 0.429 bits per heavy atom. The number of ketones is 1. The molecule has 0 unspecified atom stereocenters. The van der Waals surface area contributed by atoms with Crippen molar-refractivity contribution >= 4 is 47.8 Å². The number of carbonyl (C=O) groups excluding carboxylic acids is 1. The third-order valence-electron chi connectivity index (χ3n) is 6.74. The molecule has 0 radical (unpaired) electrons. The molecule has 0 saturated carbocycles. The molecule has 0 aromatic carbocycles. The second-order valence-corrected chi connectivity index (χ2v) is 19.0. The summed E-state index contributed by atoms with van der Waals surface area (Å²) in [5, 5.41) is -14.2. The zero-order valence-corrected chi connectivity index (χ0v) is 33.0. The molecule has 0 aromatic heterocycles. The molecular formula is C27H40F18O7S4. The number of hydrogen-bond donors (Lipinski definition) is 0. The Morgan fingerprint density at radius 3 is 0.768 bits per heavy atom. The lowest BCUT2D eigenvalue weighted by molar-refractivity contribution is -0.382. The van der Waals surface area contributed by atoms with Crippen molar-refractivity contribution in [3.63, 3.8) is 0 Å². The monoisotopic (exact) mass is 946 g/mol. The van der Waals surface area contributed by atoms with Crippen LogP contribution in [0.2, 0.25) is 0 Å². The zero-order valence-electron chi connectivity index (χ0n) is 29.7. The largest absolute Gasteiger partial charge is 0.743 e. The van der Waals surface area contributed by atoms with Gasteiger partial charge in [-0.25, -0.2) is 16.8 Å². The molecule has 56 heavy (non-hydrogen) atoms. The fraction of sp³-hybridized carbons (Fsp3) is 0.963. The van der Waals surface area contributed by atoms with Crippen LogP contribution in [0.15, 0.2) is 0 Å². The summed E-state index contributed by atoms with van der Waals surface area (Å²) < 4.78 is 271. The maximum Gasteiger partial charge on any atom is 0.460 e. The minimum absolute atomic E-state index is 0.373. The van der Waals surface area contributed by atoms with Crippen LogP contribution in [0, 0.1) is 0 Å². The summed E-state index contributed by atoms with van der Waals surface area (Å²) in [5.41, 5.74) is 0. The number of Topliss-reactive ketones (excluding diaryl/α,β-unsaturated/α-hetero) is 1. The van der Waals surface area contributed by atoms with E-state index in [-0.39, 0.29) is 0 Å². The highest BCUT2D eigenvalue weighted by atomic mass is 32.2. The van der Waals surface area contributed by atoms with Crippen molar-refractivity contribution in [2.24, 2.45) is 0 Å². The van der Waals surface area contributed by atoms with Gasteiger partial charge in [-0.3, -0.25) is 4.79 Å². The van der Waals surface area contributed by atoms with Crippen LogP contribution in [0.25, 0.3) is 0 Å². The van der Waals surface area contributed by atoms with Gasteiger partial charge in [0.2, 0.25) is 5.78 Å². The number of halogens is 18. The van der Waals surface area contributed by atoms with Gasteiger partial charge >= 0.3 is 46.6 Å². The first-order valence-corrected chi connectivity index (χ1v) is 22.1. The highest BCUT2D eigenvalue weighted by Gasteiger charge is 2.85. The molecule has 0 amide bonds. The van der Waals surface area contributed by atoms with E-state index in [1.807, 2.05) is 0 Å². The summed E-state index contributed by atoms with van der Waals surface area (Å²) in [6.07, 6.45) is -4.05. The second kappa shape index (κ2) is 22.5. The number of rotatable bonds is 22. The van der Waals surface area contributed by atoms with E-state index in [4.69, 9.17) is 0 Å². The van der Waals surface area contributed by atoms with Gasteiger partial charge in [0.15, 0.2) is 31.7 Å². The average molecular weight is 947 g/mol. The average Bonchev–Trinajstić information content (AvgIpc) is 3.01. The van der Waals surface area contributed by atoms with Gasteiger partial charge in [0.05, 0.1) is 0 Å². The molecule has 0 heterocycles. The van der Waals surface area contributed by atoms with Crippen molar-refractivity contribution in [3.05, 3.63) is 0 Å². The van der Waals surface area contributed by atoms with Crippen LogP contribution in [0.1, 0.15) is 79.1 Å². The Morgan fingerprint density at radius 2 is 0.625 bits per heavy atom. The predicted octanol–water partition coefficient (Wildman–Crippen LogP) is 8.91. The van der Waals surface area contributed by atoms with Gasteiger partial charge in [0.1, 0.15) is 23.0 Å². The first kappa shape index (κ1) is 59.2. The highest BCUT2D eigenvalue weighted by molar-refractivity contribution is 7.99. The van der Waals surface area contributed by atoms with Crippen molar-refractivity contribution in [2.45, 2.75) is 126 Å². The molecular weight excluding hydrogens is 907 g/mol. The van der Waals surface area contributed by atoms with Crippen LogP contribution >= 0.6 is 0 Å². The molecule has 0 aliphatic rings. The van der Waals surface area contributed by atoms with Crippen molar-refractivity contribution < 1.29 is 110 Å². The Bertz CT molecular complexity index is 1270. The Kier molecular flexibility index (Phi) is 23.8. The SMILES string of the molecule is CCCC[S+](CCCC)CC(=O)C[S+](CCCC)CCCC.O=S(=O)([O-])C(F)(F)C(F)(F)C(F)(F)C(F)(F)F.O=S(=O)([O-])C(F)(F)C(F)(F)C(F)(F)C(F)(F)F. The van der Waals surface area contributed by atoms with Crippen molar-refractivity contribution in [2.75, 3.05) is 34.5 Å². The molecule has 340 valence electrons. The van der Waals surface area contributed by atoms with E-state index in [2.05, 4.69) is 27.7 Å². The molecule has 0 atom stereocenters. The number of alkyl halides is 18. The summed E-state index contributed by atoms with van der Waals surface area (Å²) >= 11 is 0. The molecule has 0 N–H and O–H groups in total. The van der Waals surface area contributed by atoms with Gasteiger partial charge in [-0.1, -0.05) is 53.4 Å². The highest BCUT2D eigenvalue weighted by Crippen LogP contribution is 2.55. The van der Waals surface area contributed by atoms with E-state index in [0.717, 1.165) is 11.5 Å². The Hall–Kier alpha value is -1.07. The Labute approximate surface area is 317 Å². The normalized spacial score (nSPS) is 14.3. The maximum atomic E-state index is 12.5. The van der Waals surface area contributed by atoms with Gasteiger partial charge in [0, 0.05) is 0 Å². The van der Waals surface area contributed by atoms with Gasteiger partial charge < -0.3 is 9.11 Å². The van der Waals surface area contributed by atoms with E-state index in [0.29, 0.717) is 27.6 Å². The quantitative estimate of drug-likeness (QED) is 0.0602. The minimum atomic E-state index is -7.43. The van der Waals surface area contributed by atoms with Gasteiger partial charge in [-0.15, -0.1) is 0 Å². The second-order valence-electron chi connectivity index (χ2n) is 11.5. The zero-order chi connectivity index (χ0) is 45.6. The topological polar surface area (TPSA) is 131 Å². The predicted molar refractivity (Wildman–Crippen MR) is 170 cm³/mol. The van der Waals surface area contributed by atoms with Crippen LogP contribution in [-0.4, -0.2) is 113 Å². The molecule has 0 bridgehead atoms. The lowest BCUT2D eigenvalue weighted by Crippen LogP contribution is -2.63. The van der Waals surface area contributed by atoms with E-state index in [1.54, 1.807) is 0 Å². The van der Waals surface area contributed by atoms with Crippen molar-refractivity contribution in [1.82, 2.24) is 0 Å². The van der Waals surface area contributed by atoms with Gasteiger partial charge in [0.25, 0.3) is 0 Å². The summed E-state index contributed by atoms with van der Waals surface area (Å²) in [7, 11) is -14.1. The van der Waals surface area contributed by atoms with Crippen LogP contribution in [0.3, 0.4) is 0 Å². The summed E-state index contributed by atoms with van der Waals surface area (Å²) in [6, 6.07) is 0. The first-order valence-electron chi connectivity index (χ1n) is 15.8. The van der Waals surface area contributed by atoms with Crippen LogP contribution in [0.5, 0.6) is 0 Å². The molecule has 7 nitrogen and oxygen atoms in total. The number of carbonyl (C=O) groups is 1.